The molecule has 0 fully saturated rings. The minimum Gasteiger partial charge on any atom is -0.466 e. The maximum Gasteiger partial charge on any atom is 0.222 e. The Morgan fingerprint density at radius 3 is 2.07 bits per heavy atom. The number of para-hydroxylation sites is 1. The average Bonchev–Trinajstić information content (AvgIpc) is 1.99. The van der Waals surface area contributed by atoms with Gasteiger partial charge < -0.3 is 9.84 Å². The van der Waals surface area contributed by atoms with Gasteiger partial charge in [0.25, 0.3) is 0 Å². The molecule has 0 saturated carbocycles. The van der Waals surface area contributed by atoms with Gasteiger partial charge in [-0.1, -0.05) is 18.2 Å². The second-order valence-corrected chi connectivity index (χ2v) is 10.2. The molecule has 6 heteroatoms. The van der Waals surface area contributed by atoms with E-state index in [0.717, 1.165) is 0 Å². The van der Waals surface area contributed by atoms with Crippen molar-refractivity contribution in [2.24, 2.45) is 0 Å². The standard InChI is InChI=1S/C9H8Br4O2/c10-8(11,14)6-9(12,13)15-7-4-2-1-3-5-7/h1-5,14H,6H2. The molecule has 0 radical (unpaired) electrons. The molecule has 1 N–H and O–H groups in total. The lowest BCUT2D eigenvalue weighted by atomic mass is 10.3. The smallest absolute Gasteiger partial charge is 0.222 e. The Bertz CT molecular complexity index is 308. The number of rotatable bonds is 4. The Morgan fingerprint density at radius 1 is 1.07 bits per heavy atom. The second kappa shape index (κ2) is 5.49. The summed E-state index contributed by atoms with van der Waals surface area (Å²) < 4.78 is 3.58. The van der Waals surface area contributed by atoms with Crippen molar-refractivity contribution in [3.63, 3.8) is 0 Å². The highest BCUT2D eigenvalue weighted by Crippen LogP contribution is 2.41. The molecule has 0 aliphatic carbocycles. The monoisotopic (exact) mass is 464 g/mol. The average molecular weight is 468 g/mol. The Balaban J connectivity index is 2.65. The summed E-state index contributed by atoms with van der Waals surface area (Å²) in [6.07, 6.45) is 0.259. The third kappa shape index (κ3) is 6.26. The van der Waals surface area contributed by atoms with Crippen molar-refractivity contribution < 1.29 is 9.84 Å². The molecule has 1 rings (SSSR count). The van der Waals surface area contributed by atoms with Gasteiger partial charge in [0.2, 0.25) is 3.42 Å². The van der Waals surface area contributed by atoms with Gasteiger partial charge in [-0.15, -0.1) is 0 Å². The summed E-state index contributed by atoms with van der Waals surface area (Å²) >= 11 is 12.8. The highest BCUT2D eigenvalue weighted by Gasteiger charge is 2.35. The minimum atomic E-state index is -1.18. The third-order valence-electron chi connectivity index (χ3n) is 1.43. The van der Waals surface area contributed by atoms with Crippen LogP contribution in [0.4, 0.5) is 0 Å². The fourth-order valence-electron chi connectivity index (χ4n) is 0.945. The molecule has 0 spiro atoms. The molecule has 84 valence electrons. The minimum absolute atomic E-state index is 0.259. The van der Waals surface area contributed by atoms with Crippen LogP contribution in [0.15, 0.2) is 30.3 Å². The van der Waals surface area contributed by atoms with E-state index in [4.69, 9.17) is 4.74 Å². The van der Waals surface area contributed by atoms with Crippen LogP contribution in [-0.4, -0.2) is 11.9 Å². The van der Waals surface area contributed by atoms with E-state index in [9.17, 15) is 5.11 Å². The van der Waals surface area contributed by atoms with E-state index in [-0.39, 0.29) is 6.42 Å². The van der Waals surface area contributed by atoms with Crippen LogP contribution in [0.2, 0.25) is 0 Å². The number of alkyl halides is 4. The molecule has 0 aliphatic heterocycles. The van der Waals surface area contributed by atoms with Crippen LogP contribution in [0.3, 0.4) is 0 Å². The Morgan fingerprint density at radius 2 is 1.60 bits per heavy atom. The molecular formula is C9H8Br4O2. The zero-order valence-corrected chi connectivity index (χ0v) is 13.8. The lowest BCUT2D eigenvalue weighted by Gasteiger charge is -2.26. The van der Waals surface area contributed by atoms with Gasteiger partial charge in [0.1, 0.15) is 5.75 Å². The molecule has 0 amide bonds. The van der Waals surface area contributed by atoms with Crippen LogP contribution >= 0.6 is 63.7 Å². The van der Waals surface area contributed by atoms with Crippen molar-refractivity contribution in [2.45, 2.75) is 13.3 Å². The fraction of sp³-hybridized carbons (Fsp3) is 0.333. The van der Waals surface area contributed by atoms with Gasteiger partial charge in [0.15, 0.2) is 3.42 Å². The van der Waals surface area contributed by atoms with Gasteiger partial charge in [-0.05, 0) is 75.9 Å². The van der Waals surface area contributed by atoms with E-state index in [1.807, 2.05) is 30.3 Å². The second-order valence-electron chi connectivity index (χ2n) is 2.90. The van der Waals surface area contributed by atoms with Gasteiger partial charge in [0, 0.05) is 0 Å². The number of halogens is 4. The van der Waals surface area contributed by atoms with Crippen molar-refractivity contribution in [2.75, 3.05) is 0 Å². The number of benzene rings is 1. The summed E-state index contributed by atoms with van der Waals surface area (Å²) in [6, 6.07) is 9.32. The van der Waals surface area contributed by atoms with E-state index < -0.39 is 6.84 Å². The predicted molar refractivity (Wildman–Crippen MR) is 75.1 cm³/mol. The molecule has 0 saturated heterocycles. The van der Waals surface area contributed by atoms with Gasteiger partial charge in [-0.25, -0.2) is 0 Å². The van der Waals surface area contributed by atoms with E-state index in [1.54, 1.807) is 0 Å². The molecule has 2 nitrogen and oxygen atoms in total. The van der Waals surface area contributed by atoms with Crippen molar-refractivity contribution in [1.29, 1.82) is 0 Å². The largest absolute Gasteiger partial charge is 0.466 e. The first-order valence-electron chi connectivity index (χ1n) is 4.01. The van der Waals surface area contributed by atoms with Crippen molar-refractivity contribution in [3.05, 3.63) is 30.3 Å². The van der Waals surface area contributed by atoms with Crippen LogP contribution in [0.5, 0.6) is 5.75 Å². The lowest BCUT2D eigenvalue weighted by molar-refractivity contribution is 0.170. The zero-order chi connectivity index (χ0) is 11.5. The summed E-state index contributed by atoms with van der Waals surface area (Å²) in [5, 5.41) is 9.52. The van der Waals surface area contributed by atoms with Crippen molar-refractivity contribution in [1.82, 2.24) is 0 Å². The molecule has 0 atom stereocenters. The summed E-state index contributed by atoms with van der Waals surface area (Å²) in [4.78, 5) is 0. The Kier molecular flexibility index (Phi) is 5.11. The number of ether oxygens (including phenoxy) is 1. The van der Waals surface area contributed by atoms with Gasteiger partial charge in [-0.2, -0.15) is 0 Å². The third-order valence-corrected chi connectivity index (χ3v) is 2.87. The number of hydrogen-bond donors (Lipinski definition) is 1. The highest BCUT2D eigenvalue weighted by atomic mass is 79.9. The zero-order valence-electron chi connectivity index (χ0n) is 7.46. The van der Waals surface area contributed by atoms with Gasteiger partial charge >= 0.3 is 0 Å². The van der Waals surface area contributed by atoms with Crippen molar-refractivity contribution >= 4 is 63.7 Å². The first-order valence-corrected chi connectivity index (χ1v) is 7.18. The van der Waals surface area contributed by atoms with E-state index >= 15 is 0 Å². The first-order chi connectivity index (χ1) is 6.79. The van der Waals surface area contributed by atoms with Gasteiger partial charge in [-0.3, -0.25) is 0 Å². The first kappa shape index (κ1) is 14.0. The normalized spacial score (nSPS) is 12.6. The Hall–Kier alpha value is 0.900. The topological polar surface area (TPSA) is 29.5 Å². The van der Waals surface area contributed by atoms with E-state index in [2.05, 4.69) is 63.7 Å². The molecule has 0 heterocycles. The van der Waals surface area contributed by atoms with E-state index in [0.29, 0.717) is 5.75 Å². The van der Waals surface area contributed by atoms with Gasteiger partial charge in [0.05, 0.1) is 6.42 Å². The van der Waals surface area contributed by atoms with Crippen LogP contribution in [0.1, 0.15) is 6.42 Å². The number of hydrogen-bond acceptors (Lipinski definition) is 2. The van der Waals surface area contributed by atoms with Crippen molar-refractivity contribution in [3.8, 4) is 5.75 Å². The molecule has 15 heavy (non-hydrogen) atoms. The quantitative estimate of drug-likeness (QED) is 0.668. The molecule has 0 unspecified atom stereocenters. The molecule has 0 aliphatic rings. The molecule has 1 aromatic rings. The SMILES string of the molecule is OC(Br)(Br)CC(Br)(Br)Oc1ccccc1. The fourth-order valence-corrected chi connectivity index (χ4v) is 4.42. The Labute approximate surface area is 122 Å². The molecule has 0 aromatic heterocycles. The number of aliphatic hydroxyl groups is 1. The van der Waals surface area contributed by atoms with Crippen LogP contribution < -0.4 is 4.74 Å². The maximum absolute atomic E-state index is 9.52. The summed E-state index contributed by atoms with van der Waals surface area (Å²) in [5.74, 6) is 0.704. The molecular weight excluding hydrogens is 460 g/mol. The van der Waals surface area contributed by atoms with Crippen LogP contribution in [0, 0.1) is 0 Å². The summed E-state index contributed by atoms with van der Waals surface area (Å²) in [5.41, 5.74) is 0. The van der Waals surface area contributed by atoms with E-state index in [1.165, 1.54) is 0 Å². The maximum atomic E-state index is 9.52. The highest BCUT2D eigenvalue weighted by molar-refractivity contribution is 9.26. The lowest BCUT2D eigenvalue weighted by Crippen LogP contribution is -2.28. The predicted octanol–water partition coefficient (Wildman–Crippen LogP) is 4.34. The van der Waals surface area contributed by atoms with Crippen LogP contribution in [0.25, 0.3) is 0 Å². The molecule has 1 aromatic carbocycles. The molecule has 0 bridgehead atoms. The van der Waals surface area contributed by atoms with Crippen LogP contribution in [-0.2, 0) is 0 Å². The summed E-state index contributed by atoms with van der Waals surface area (Å²) in [6.45, 7) is 0. The summed E-state index contributed by atoms with van der Waals surface area (Å²) in [7, 11) is 0.